The van der Waals surface area contributed by atoms with Crippen molar-refractivity contribution in [3.63, 3.8) is 0 Å². The van der Waals surface area contributed by atoms with E-state index in [0.717, 1.165) is 95.3 Å². The second-order valence-corrected chi connectivity index (χ2v) is 13.6. The minimum Gasteiger partial charge on any atom is -0.340 e. The molecule has 7 aromatic rings. The minimum absolute atomic E-state index is 0.0539. The molecular weight excluding hydrogens is 662 g/mol. The zero-order valence-corrected chi connectivity index (χ0v) is 29.3. The molecule has 5 aromatic carbocycles. The van der Waals surface area contributed by atoms with Crippen molar-refractivity contribution in [2.45, 2.75) is 78.3 Å². The lowest BCUT2D eigenvalue weighted by Crippen LogP contribution is -2.02. The lowest BCUT2D eigenvalue weighted by Gasteiger charge is -2.18. The molecule has 0 saturated heterocycles. The highest BCUT2D eigenvalue weighted by molar-refractivity contribution is 6.32. The molecule has 2 aromatic heterocycles. The number of fused-ring (bicyclic) bond motifs is 6. The average molecular weight is 703 g/mol. The summed E-state index contributed by atoms with van der Waals surface area (Å²) in [5.74, 6) is -0.798. The number of unbranched alkanes of at least 4 members (excludes halogenated alkanes) is 6. The van der Waals surface area contributed by atoms with Crippen LogP contribution in [0.4, 0.5) is 20.2 Å². The largest absolute Gasteiger partial charge is 0.340 e. The first-order valence-electron chi connectivity index (χ1n) is 18.1. The van der Waals surface area contributed by atoms with Crippen LogP contribution in [0.5, 0.6) is 0 Å². The number of aromatic nitrogens is 2. The summed E-state index contributed by atoms with van der Waals surface area (Å²) in [6.45, 7) is 5.51. The van der Waals surface area contributed by atoms with Gasteiger partial charge in [0.15, 0.2) is 0 Å². The molecule has 0 atom stereocenters. The van der Waals surface area contributed by atoms with Gasteiger partial charge in [0.1, 0.15) is 11.6 Å². The number of rotatable bonds is 14. The van der Waals surface area contributed by atoms with E-state index in [1.54, 1.807) is 48.5 Å². The summed E-state index contributed by atoms with van der Waals surface area (Å²) in [5, 5.41) is 27.4. The van der Waals surface area contributed by atoms with Gasteiger partial charge in [0.25, 0.3) is 11.4 Å². The third-order valence-electron chi connectivity index (χ3n) is 10.2. The van der Waals surface area contributed by atoms with Crippen LogP contribution in [0.3, 0.4) is 0 Å². The van der Waals surface area contributed by atoms with E-state index in [1.165, 1.54) is 36.4 Å². The monoisotopic (exact) mass is 702 g/mol. The van der Waals surface area contributed by atoms with Crippen LogP contribution in [0.25, 0.3) is 65.9 Å². The molecule has 0 radical (unpaired) electrons. The Morgan fingerprint density at radius 1 is 0.538 bits per heavy atom. The van der Waals surface area contributed by atoms with Crippen molar-refractivity contribution in [1.82, 2.24) is 9.13 Å². The molecule has 0 N–H and O–H groups in total. The molecule has 0 unspecified atom stereocenters. The fourth-order valence-electron chi connectivity index (χ4n) is 7.83. The zero-order valence-electron chi connectivity index (χ0n) is 29.3. The maximum absolute atomic E-state index is 14.6. The van der Waals surface area contributed by atoms with Gasteiger partial charge in [0, 0.05) is 81.1 Å². The Hall–Kier alpha value is -5.64. The van der Waals surface area contributed by atoms with Crippen LogP contribution in [0.2, 0.25) is 0 Å². The Kier molecular flexibility index (Phi) is 9.73. The molecule has 0 saturated carbocycles. The SMILES string of the molecule is CCCCCCn1c2ccc([N+](=O)[O-])cc2c2c(-c3ccc(F)cc3)c3c(c(-c4ccc(F)cc4)c21)c1cc([N+](=O)[O-])ccc1n3CCCCCC. The van der Waals surface area contributed by atoms with Crippen LogP contribution < -0.4 is 0 Å². The maximum Gasteiger partial charge on any atom is 0.270 e. The van der Waals surface area contributed by atoms with E-state index in [1.807, 2.05) is 0 Å². The molecule has 0 fully saturated rings. The summed E-state index contributed by atoms with van der Waals surface area (Å²) in [5.41, 5.74) is 6.05. The van der Waals surface area contributed by atoms with Crippen molar-refractivity contribution in [3.8, 4) is 22.3 Å². The molecule has 0 amide bonds. The topological polar surface area (TPSA) is 96.1 Å². The molecule has 52 heavy (non-hydrogen) atoms. The first kappa shape index (κ1) is 34.8. The van der Waals surface area contributed by atoms with Gasteiger partial charge in [0.05, 0.1) is 20.9 Å². The summed E-state index contributed by atoms with van der Waals surface area (Å²) in [7, 11) is 0. The predicted octanol–water partition coefficient (Wildman–Crippen LogP) is 12.5. The molecule has 7 rings (SSSR count). The van der Waals surface area contributed by atoms with Crippen LogP contribution in [-0.2, 0) is 13.1 Å². The number of hydrogen-bond donors (Lipinski definition) is 0. The van der Waals surface area contributed by atoms with Gasteiger partial charge in [-0.2, -0.15) is 0 Å². The molecular formula is C42H40F2N4O4. The molecule has 266 valence electrons. The number of non-ortho nitro benzene ring substituents is 2. The quantitative estimate of drug-likeness (QED) is 0.0640. The third-order valence-corrected chi connectivity index (χ3v) is 10.2. The van der Waals surface area contributed by atoms with Crippen molar-refractivity contribution >= 4 is 55.0 Å². The first-order valence-corrected chi connectivity index (χ1v) is 18.1. The number of aryl methyl sites for hydroxylation is 2. The van der Waals surface area contributed by atoms with Gasteiger partial charge in [-0.3, -0.25) is 20.2 Å². The smallest absolute Gasteiger partial charge is 0.270 e. The summed E-state index contributed by atoms with van der Waals surface area (Å²) in [4.78, 5) is 23.7. The Morgan fingerprint density at radius 2 is 0.923 bits per heavy atom. The van der Waals surface area contributed by atoms with Crippen molar-refractivity contribution in [2.24, 2.45) is 0 Å². The normalized spacial score (nSPS) is 11.8. The van der Waals surface area contributed by atoms with Crippen LogP contribution in [0.15, 0.2) is 84.9 Å². The van der Waals surface area contributed by atoms with Crippen LogP contribution in [0.1, 0.15) is 65.2 Å². The molecule has 0 bridgehead atoms. The number of nitrogens with zero attached hydrogens (tertiary/aromatic N) is 4. The Labute approximate surface area is 299 Å². The van der Waals surface area contributed by atoms with Gasteiger partial charge < -0.3 is 9.13 Å². The molecule has 8 nitrogen and oxygen atoms in total. The van der Waals surface area contributed by atoms with E-state index in [2.05, 4.69) is 23.0 Å². The minimum atomic E-state index is -0.399. The highest BCUT2D eigenvalue weighted by atomic mass is 19.1. The number of halogens is 2. The van der Waals surface area contributed by atoms with E-state index < -0.39 is 21.5 Å². The highest BCUT2D eigenvalue weighted by Crippen LogP contribution is 2.51. The van der Waals surface area contributed by atoms with E-state index in [4.69, 9.17) is 0 Å². The average Bonchev–Trinajstić information content (AvgIpc) is 3.63. The molecule has 0 aliphatic carbocycles. The van der Waals surface area contributed by atoms with Gasteiger partial charge in [-0.05, 0) is 60.4 Å². The first-order chi connectivity index (χ1) is 25.2. The fourth-order valence-corrected chi connectivity index (χ4v) is 7.83. The second kappa shape index (κ2) is 14.5. The van der Waals surface area contributed by atoms with E-state index in [-0.39, 0.29) is 11.4 Å². The van der Waals surface area contributed by atoms with Gasteiger partial charge in [-0.25, -0.2) is 8.78 Å². The molecule has 0 aliphatic heterocycles. The molecule has 2 heterocycles. The van der Waals surface area contributed by atoms with E-state index in [9.17, 15) is 29.0 Å². The van der Waals surface area contributed by atoms with Gasteiger partial charge in [-0.1, -0.05) is 76.6 Å². The van der Waals surface area contributed by atoms with Crippen LogP contribution in [0, 0.1) is 31.9 Å². The zero-order chi connectivity index (χ0) is 36.5. The van der Waals surface area contributed by atoms with E-state index >= 15 is 0 Å². The lowest BCUT2D eigenvalue weighted by molar-refractivity contribution is -0.384. The van der Waals surface area contributed by atoms with Crippen molar-refractivity contribution < 1.29 is 18.6 Å². The Morgan fingerprint density at radius 3 is 1.27 bits per heavy atom. The summed E-state index contributed by atoms with van der Waals surface area (Å²) >= 11 is 0. The second-order valence-electron chi connectivity index (χ2n) is 13.6. The lowest BCUT2D eigenvalue weighted by atomic mass is 9.89. The van der Waals surface area contributed by atoms with Crippen molar-refractivity contribution in [3.05, 3.63) is 117 Å². The van der Waals surface area contributed by atoms with Gasteiger partial charge in [0.2, 0.25) is 0 Å². The standard InChI is InChI=1S/C42H40F2N4O4/c1-3-5-7-9-23-45-35-21-19-31(47(49)50)25-33(35)39-38(28-13-17-30(44)18-14-28)42-40(37(41(39)45)27-11-15-29(43)16-12-27)34-26-32(48(51)52)20-22-36(34)46(42)24-10-8-6-4-2/h11-22,25-26H,3-10,23-24H2,1-2H3. The number of nitro benzene ring substituents is 2. The van der Waals surface area contributed by atoms with Crippen LogP contribution >= 0.6 is 0 Å². The molecule has 0 spiro atoms. The summed E-state index contributed by atoms with van der Waals surface area (Å²) in [6, 6.07) is 22.4. The van der Waals surface area contributed by atoms with Crippen molar-refractivity contribution in [1.29, 1.82) is 0 Å². The fraction of sp³-hybridized carbons (Fsp3) is 0.286. The summed E-state index contributed by atoms with van der Waals surface area (Å²) in [6.07, 6.45) is 7.85. The predicted molar refractivity (Wildman–Crippen MR) is 205 cm³/mol. The van der Waals surface area contributed by atoms with E-state index in [0.29, 0.717) is 35.0 Å². The number of nitro groups is 2. The van der Waals surface area contributed by atoms with Crippen molar-refractivity contribution in [2.75, 3.05) is 0 Å². The highest BCUT2D eigenvalue weighted by Gasteiger charge is 2.29. The van der Waals surface area contributed by atoms with Gasteiger partial charge in [-0.15, -0.1) is 0 Å². The summed E-state index contributed by atoms with van der Waals surface area (Å²) < 4.78 is 33.6. The number of benzene rings is 5. The molecule has 0 aliphatic rings. The van der Waals surface area contributed by atoms with Crippen LogP contribution in [-0.4, -0.2) is 19.0 Å². The number of hydrogen-bond acceptors (Lipinski definition) is 4. The molecule has 10 heteroatoms. The Balaban J connectivity index is 1.77. The van der Waals surface area contributed by atoms with Gasteiger partial charge >= 0.3 is 0 Å². The maximum atomic E-state index is 14.6. The Bertz CT molecular complexity index is 2290. The third kappa shape index (κ3) is 6.16.